The van der Waals surface area contributed by atoms with Crippen LogP contribution in [0.5, 0.6) is 5.75 Å². The summed E-state index contributed by atoms with van der Waals surface area (Å²) in [6.45, 7) is 4.13. The number of nitrogens with one attached hydrogen (secondary N) is 1. The van der Waals surface area contributed by atoms with Crippen molar-refractivity contribution < 1.29 is 4.74 Å². The fraction of sp³-hybridized carbons (Fsp3) is 0.625. The van der Waals surface area contributed by atoms with Gasteiger partial charge in [-0.25, -0.2) is 0 Å². The van der Waals surface area contributed by atoms with Gasteiger partial charge in [-0.05, 0) is 67.8 Å². The Labute approximate surface area is 110 Å². The molecule has 0 spiro atoms. The van der Waals surface area contributed by atoms with Crippen molar-refractivity contribution in [2.45, 2.75) is 45.1 Å². The van der Waals surface area contributed by atoms with Crippen molar-refractivity contribution in [2.75, 3.05) is 13.2 Å². The molecule has 0 aromatic heterocycles. The first-order chi connectivity index (χ1) is 8.86. The van der Waals surface area contributed by atoms with Gasteiger partial charge in [-0.2, -0.15) is 0 Å². The van der Waals surface area contributed by atoms with E-state index in [4.69, 9.17) is 4.74 Å². The molecule has 0 aliphatic heterocycles. The summed E-state index contributed by atoms with van der Waals surface area (Å²) in [7, 11) is 0. The van der Waals surface area contributed by atoms with Crippen molar-refractivity contribution in [2.24, 2.45) is 5.92 Å². The minimum atomic E-state index is 0.531. The fourth-order valence-corrected chi connectivity index (χ4v) is 2.82. The van der Waals surface area contributed by atoms with Gasteiger partial charge >= 0.3 is 0 Å². The zero-order valence-corrected chi connectivity index (χ0v) is 11.2. The smallest absolute Gasteiger partial charge is 0.119 e. The van der Waals surface area contributed by atoms with Crippen LogP contribution < -0.4 is 10.1 Å². The van der Waals surface area contributed by atoms with E-state index in [0.29, 0.717) is 6.04 Å². The monoisotopic (exact) mass is 245 g/mol. The largest absolute Gasteiger partial charge is 0.493 e. The lowest BCUT2D eigenvalue weighted by Crippen LogP contribution is -2.24. The Morgan fingerprint density at radius 1 is 1.28 bits per heavy atom. The highest BCUT2D eigenvalue weighted by Crippen LogP contribution is 2.34. The number of hydrogen-bond donors (Lipinski definition) is 1. The molecule has 0 saturated heterocycles. The molecule has 3 rings (SSSR count). The Bertz CT molecular complexity index is 412. The minimum absolute atomic E-state index is 0.531. The molecule has 2 heteroatoms. The molecule has 2 aliphatic carbocycles. The molecule has 2 aliphatic rings. The Kier molecular flexibility index (Phi) is 3.55. The molecule has 1 fully saturated rings. The van der Waals surface area contributed by atoms with Crippen molar-refractivity contribution in [3.8, 4) is 5.75 Å². The van der Waals surface area contributed by atoms with Crippen molar-refractivity contribution >= 4 is 0 Å². The molecule has 2 nitrogen and oxygen atoms in total. The third-order valence-electron chi connectivity index (χ3n) is 4.06. The molecule has 1 saturated carbocycles. The average Bonchev–Trinajstić information content (AvgIpc) is 3.21. The van der Waals surface area contributed by atoms with Gasteiger partial charge in [0.25, 0.3) is 0 Å². The van der Waals surface area contributed by atoms with Gasteiger partial charge in [0.15, 0.2) is 0 Å². The summed E-state index contributed by atoms with van der Waals surface area (Å²) < 4.78 is 5.89. The van der Waals surface area contributed by atoms with Crippen LogP contribution in [0.2, 0.25) is 0 Å². The van der Waals surface area contributed by atoms with Gasteiger partial charge < -0.3 is 10.1 Å². The van der Waals surface area contributed by atoms with Gasteiger partial charge in [0.2, 0.25) is 0 Å². The SMILES string of the molecule is CCNC1CCCc2ccc(OCC3CC3)cc21. The van der Waals surface area contributed by atoms with E-state index in [1.807, 2.05) is 0 Å². The number of aryl methyl sites for hydroxylation is 1. The topological polar surface area (TPSA) is 21.3 Å². The van der Waals surface area contributed by atoms with E-state index in [0.717, 1.165) is 24.8 Å². The molecule has 1 aromatic carbocycles. The summed E-state index contributed by atoms with van der Waals surface area (Å²) in [5.41, 5.74) is 2.97. The zero-order chi connectivity index (χ0) is 12.4. The van der Waals surface area contributed by atoms with E-state index >= 15 is 0 Å². The summed E-state index contributed by atoms with van der Waals surface area (Å²) >= 11 is 0. The van der Waals surface area contributed by atoms with Crippen LogP contribution in [0.4, 0.5) is 0 Å². The standard InChI is InChI=1S/C16H23NO/c1-2-17-16-5-3-4-13-8-9-14(10-15(13)16)18-11-12-6-7-12/h8-10,12,16-17H,2-7,11H2,1H3. The molecule has 0 heterocycles. The summed E-state index contributed by atoms with van der Waals surface area (Å²) in [4.78, 5) is 0. The molecule has 0 radical (unpaired) electrons. The highest BCUT2D eigenvalue weighted by molar-refractivity contribution is 5.39. The maximum absolute atomic E-state index is 5.89. The van der Waals surface area contributed by atoms with Crippen LogP contribution in [-0.4, -0.2) is 13.2 Å². The lowest BCUT2D eigenvalue weighted by molar-refractivity contribution is 0.298. The van der Waals surface area contributed by atoms with Gasteiger partial charge in [0.1, 0.15) is 5.75 Å². The van der Waals surface area contributed by atoms with E-state index < -0.39 is 0 Å². The summed E-state index contributed by atoms with van der Waals surface area (Å²) in [5, 5.41) is 3.59. The lowest BCUT2D eigenvalue weighted by Gasteiger charge is -2.26. The first-order valence-electron chi connectivity index (χ1n) is 7.36. The molecule has 1 atom stereocenters. The number of benzene rings is 1. The van der Waals surface area contributed by atoms with Gasteiger partial charge in [-0.15, -0.1) is 0 Å². The molecule has 1 unspecified atom stereocenters. The van der Waals surface area contributed by atoms with Crippen LogP contribution in [0.25, 0.3) is 0 Å². The highest BCUT2D eigenvalue weighted by atomic mass is 16.5. The van der Waals surface area contributed by atoms with Crippen molar-refractivity contribution in [3.05, 3.63) is 29.3 Å². The maximum atomic E-state index is 5.89. The van der Waals surface area contributed by atoms with Crippen LogP contribution in [0.15, 0.2) is 18.2 Å². The zero-order valence-electron chi connectivity index (χ0n) is 11.2. The van der Waals surface area contributed by atoms with Crippen molar-refractivity contribution in [1.29, 1.82) is 0 Å². The molecular weight excluding hydrogens is 222 g/mol. The number of hydrogen-bond acceptors (Lipinski definition) is 2. The van der Waals surface area contributed by atoms with Gasteiger partial charge in [-0.1, -0.05) is 13.0 Å². The van der Waals surface area contributed by atoms with E-state index in [2.05, 4.69) is 30.4 Å². The quantitative estimate of drug-likeness (QED) is 0.857. The Hall–Kier alpha value is -1.02. The predicted octanol–water partition coefficient (Wildman–Crippen LogP) is 3.46. The third-order valence-corrected chi connectivity index (χ3v) is 4.06. The van der Waals surface area contributed by atoms with Crippen LogP contribution >= 0.6 is 0 Å². The summed E-state index contributed by atoms with van der Waals surface area (Å²) in [5.74, 6) is 1.89. The number of ether oxygens (including phenoxy) is 1. The molecule has 1 aromatic rings. The maximum Gasteiger partial charge on any atom is 0.119 e. The Balaban J connectivity index is 1.75. The third kappa shape index (κ3) is 2.69. The highest BCUT2D eigenvalue weighted by Gasteiger charge is 2.23. The second kappa shape index (κ2) is 5.31. The summed E-state index contributed by atoms with van der Waals surface area (Å²) in [6.07, 6.45) is 6.48. The molecule has 0 amide bonds. The first-order valence-corrected chi connectivity index (χ1v) is 7.36. The number of rotatable bonds is 5. The van der Waals surface area contributed by atoms with Crippen molar-refractivity contribution in [3.63, 3.8) is 0 Å². The average molecular weight is 245 g/mol. The molecule has 18 heavy (non-hydrogen) atoms. The van der Waals surface area contributed by atoms with E-state index in [1.165, 1.54) is 43.2 Å². The molecule has 98 valence electrons. The number of fused-ring (bicyclic) bond motifs is 1. The molecule has 0 bridgehead atoms. The molecular formula is C16H23NO. The van der Waals surface area contributed by atoms with E-state index in [-0.39, 0.29) is 0 Å². The van der Waals surface area contributed by atoms with Gasteiger partial charge in [0.05, 0.1) is 6.61 Å². The van der Waals surface area contributed by atoms with Gasteiger partial charge in [0, 0.05) is 6.04 Å². The van der Waals surface area contributed by atoms with Crippen molar-refractivity contribution in [1.82, 2.24) is 5.32 Å². The normalized spacial score (nSPS) is 22.6. The predicted molar refractivity (Wildman–Crippen MR) is 74.0 cm³/mol. The second-order valence-electron chi connectivity index (χ2n) is 5.62. The summed E-state index contributed by atoms with van der Waals surface area (Å²) in [6, 6.07) is 7.21. The Morgan fingerprint density at radius 2 is 2.17 bits per heavy atom. The molecule has 1 N–H and O–H groups in total. The van der Waals surface area contributed by atoms with Crippen LogP contribution in [0.3, 0.4) is 0 Å². The fourth-order valence-electron chi connectivity index (χ4n) is 2.82. The van der Waals surface area contributed by atoms with Crippen LogP contribution in [0, 0.1) is 5.92 Å². The van der Waals surface area contributed by atoms with Crippen LogP contribution in [0.1, 0.15) is 49.8 Å². The van der Waals surface area contributed by atoms with E-state index in [9.17, 15) is 0 Å². The van der Waals surface area contributed by atoms with Gasteiger partial charge in [-0.3, -0.25) is 0 Å². The lowest BCUT2D eigenvalue weighted by atomic mass is 9.87. The second-order valence-corrected chi connectivity index (χ2v) is 5.62. The Morgan fingerprint density at radius 3 is 2.94 bits per heavy atom. The minimum Gasteiger partial charge on any atom is -0.493 e. The first kappa shape index (κ1) is 12.0. The van der Waals surface area contributed by atoms with Crippen LogP contribution in [-0.2, 0) is 6.42 Å². The van der Waals surface area contributed by atoms with E-state index in [1.54, 1.807) is 0 Å².